The van der Waals surface area contributed by atoms with Crippen molar-refractivity contribution in [1.82, 2.24) is 20.4 Å². The van der Waals surface area contributed by atoms with Crippen LogP contribution in [0.4, 0.5) is 0 Å². The first kappa shape index (κ1) is 26.9. The van der Waals surface area contributed by atoms with Crippen molar-refractivity contribution in [1.29, 1.82) is 0 Å². The fourth-order valence-corrected chi connectivity index (χ4v) is 3.81. The number of nitrogens with zero attached hydrogens (tertiary/aromatic N) is 3. The molecule has 0 aromatic heterocycles. The zero-order chi connectivity index (χ0) is 20.2. The van der Waals surface area contributed by atoms with Gasteiger partial charge < -0.3 is 20.1 Å². The van der Waals surface area contributed by atoms with Crippen molar-refractivity contribution in [3.63, 3.8) is 0 Å². The van der Waals surface area contributed by atoms with E-state index in [1.165, 1.54) is 19.3 Å². The van der Waals surface area contributed by atoms with Gasteiger partial charge in [0, 0.05) is 58.5 Å². The summed E-state index contributed by atoms with van der Waals surface area (Å²) < 4.78 is 10.8. The number of hydrogen-bond acceptors (Lipinski definition) is 5. The van der Waals surface area contributed by atoms with Crippen molar-refractivity contribution in [2.75, 3.05) is 72.7 Å². The average molecular weight is 526 g/mol. The van der Waals surface area contributed by atoms with Gasteiger partial charge in [0.1, 0.15) is 0 Å². The molecule has 2 aliphatic rings. The maximum Gasteiger partial charge on any atom is 0.191 e. The van der Waals surface area contributed by atoms with Gasteiger partial charge >= 0.3 is 0 Å². The highest BCUT2D eigenvalue weighted by atomic mass is 127. The number of nitrogens with one attached hydrogen (secondary N) is 2. The molecular formula is C21H44IN5O2. The summed E-state index contributed by atoms with van der Waals surface area (Å²) in [5, 5.41) is 6.94. The van der Waals surface area contributed by atoms with Gasteiger partial charge in [0.2, 0.25) is 0 Å². The minimum absolute atomic E-state index is 0. The lowest BCUT2D eigenvalue weighted by molar-refractivity contribution is 0.0143. The van der Waals surface area contributed by atoms with Gasteiger partial charge in [-0.2, -0.15) is 0 Å². The third-order valence-corrected chi connectivity index (χ3v) is 5.45. The molecule has 2 N–H and O–H groups in total. The summed E-state index contributed by atoms with van der Waals surface area (Å²) in [6.07, 6.45) is 3.83. The Bertz CT molecular complexity index is 443. The van der Waals surface area contributed by atoms with Gasteiger partial charge in [-0.1, -0.05) is 13.8 Å². The molecule has 172 valence electrons. The van der Waals surface area contributed by atoms with E-state index in [4.69, 9.17) is 14.5 Å². The van der Waals surface area contributed by atoms with E-state index in [1.807, 2.05) is 0 Å². The largest absolute Gasteiger partial charge is 0.383 e. The van der Waals surface area contributed by atoms with Crippen LogP contribution in [-0.4, -0.2) is 101 Å². The molecule has 0 amide bonds. The molecule has 1 aliphatic heterocycles. The van der Waals surface area contributed by atoms with Crippen LogP contribution in [0.25, 0.3) is 0 Å². The minimum Gasteiger partial charge on any atom is -0.383 e. The Labute approximate surface area is 195 Å². The van der Waals surface area contributed by atoms with Crippen LogP contribution in [-0.2, 0) is 9.47 Å². The Morgan fingerprint density at radius 3 is 2.52 bits per heavy atom. The molecule has 1 heterocycles. The maximum absolute atomic E-state index is 5.53. The van der Waals surface area contributed by atoms with Crippen LogP contribution in [0.3, 0.4) is 0 Å². The first-order chi connectivity index (χ1) is 13.6. The van der Waals surface area contributed by atoms with Crippen molar-refractivity contribution in [2.24, 2.45) is 10.9 Å². The lowest BCUT2D eigenvalue weighted by Gasteiger charge is -2.34. The molecule has 1 saturated heterocycles. The Hall–Kier alpha value is -0.160. The molecule has 29 heavy (non-hydrogen) atoms. The summed E-state index contributed by atoms with van der Waals surface area (Å²) in [5.41, 5.74) is 0. The van der Waals surface area contributed by atoms with Gasteiger partial charge in [-0.3, -0.25) is 14.8 Å². The van der Waals surface area contributed by atoms with E-state index in [9.17, 15) is 0 Å². The second kappa shape index (κ2) is 15.6. The van der Waals surface area contributed by atoms with Gasteiger partial charge in [-0.15, -0.1) is 24.0 Å². The molecule has 1 unspecified atom stereocenters. The van der Waals surface area contributed by atoms with Crippen molar-refractivity contribution < 1.29 is 9.47 Å². The molecule has 2 fully saturated rings. The Balaban J connectivity index is 0.00000420. The Morgan fingerprint density at radius 2 is 1.93 bits per heavy atom. The van der Waals surface area contributed by atoms with Crippen LogP contribution in [0.15, 0.2) is 4.99 Å². The molecule has 1 atom stereocenters. The fraction of sp³-hybridized carbons (Fsp3) is 0.952. The zero-order valence-electron chi connectivity index (χ0n) is 19.0. The van der Waals surface area contributed by atoms with Gasteiger partial charge in [-0.25, -0.2) is 0 Å². The van der Waals surface area contributed by atoms with Crippen molar-refractivity contribution in [3.05, 3.63) is 0 Å². The number of guanidine groups is 1. The van der Waals surface area contributed by atoms with Crippen LogP contribution in [0.1, 0.15) is 40.0 Å². The third-order valence-electron chi connectivity index (χ3n) is 5.45. The fourth-order valence-electron chi connectivity index (χ4n) is 3.81. The van der Waals surface area contributed by atoms with E-state index >= 15 is 0 Å². The molecular weight excluding hydrogens is 481 g/mol. The van der Waals surface area contributed by atoms with Gasteiger partial charge in [0.15, 0.2) is 5.96 Å². The van der Waals surface area contributed by atoms with Crippen molar-refractivity contribution in [3.8, 4) is 0 Å². The number of morpholine rings is 1. The molecule has 2 rings (SSSR count). The van der Waals surface area contributed by atoms with Crippen molar-refractivity contribution in [2.45, 2.75) is 52.1 Å². The molecule has 0 aromatic carbocycles. The monoisotopic (exact) mass is 525 g/mol. The minimum atomic E-state index is 0. The number of hydrogen-bond donors (Lipinski definition) is 2. The number of rotatable bonds is 13. The summed E-state index contributed by atoms with van der Waals surface area (Å²) in [7, 11) is 1.78. The molecule has 0 radical (unpaired) electrons. The van der Waals surface area contributed by atoms with Crippen molar-refractivity contribution >= 4 is 29.9 Å². The molecule has 0 bridgehead atoms. The van der Waals surface area contributed by atoms with Crippen LogP contribution < -0.4 is 10.6 Å². The number of halogens is 1. The van der Waals surface area contributed by atoms with Crippen LogP contribution in [0.5, 0.6) is 0 Å². The quantitative estimate of drug-likeness (QED) is 0.218. The molecule has 1 aliphatic carbocycles. The van der Waals surface area contributed by atoms with E-state index < -0.39 is 0 Å². The first-order valence-electron chi connectivity index (χ1n) is 11.2. The smallest absolute Gasteiger partial charge is 0.191 e. The summed E-state index contributed by atoms with van der Waals surface area (Å²) >= 11 is 0. The summed E-state index contributed by atoms with van der Waals surface area (Å²) in [4.78, 5) is 10.0. The van der Waals surface area contributed by atoms with E-state index in [1.54, 1.807) is 7.11 Å². The normalized spacial score (nSPS) is 19.3. The number of methoxy groups -OCH3 is 1. The highest BCUT2D eigenvalue weighted by molar-refractivity contribution is 14.0. The number of aliphatic imine (C=N–C) groups is 1. The molecule has 8 heteroatoms. The summed E-state index contributed by atoms with van der Waals surface area (Å²) in [5.74, 6) is 1.61. The lowest BCUT2D eigenvalue weighted by Crippen LogP contribution is -2.47. The van der Waals surface area contributed by atoms with Crippen LogP contribution >= 0.6 is 24.0 Å². The first-order valence-corrected chi connectivity index (χ1v) is 11.2. The lowest BCUT2D eigenvalue weighted by atomic mass is 10.0. The van der Waals surface area contributed by atoms with Crippen LogP contribution in [0, 0.1) is 5.92 Å². The second-order valence-corrected chi connectivity index (χ2v) is 8.34. The molecule has 7 nitrogen and oxygen atoms in total. The average Bonchev–Trinajstić information content (AvgIpc) is 3.53. The number of ether oxygens (including phenoxy) is 2. The van der Waals surface area contributed by atoms with Crippen LogP contribution in [0.2, 0.25) is 0 Å². The highest BCUT2D eigenvalue weighted by Gasteiger charge is 2.28. The van der Waals surface area contributed by atoms with Gasteiger partial charge in [0.25, 0.3) is 0 Å². The Morgan fingerprint density at radius 1 is 1.21 bits per heavy atom. The zero-order valence-corrected chi connectivity index (χ0v) is 21.3. The highest BCUT2D eigenvalue weighted by Crippen LogP contribution is 2.25. The molecule has 0 spiro atoms. The standard InChI is InChI=1S/C21H43N5O2.HI/c1-5-22-21(23-8-9-25(10-13-27-4)19-6-7-19)24-17-20(16-18(2)3)26-11-14-28-15-12-26;/h18-20H,5-17H2,1-4H3,(H2,22,23,24);1H. The topological polar surface area (TPSA) is 61.4 Å². The van der Waals surface area contributed by atoms with E-state index in [0.717, 1.165) is 77.6 Å². The SMILES string of the molecule is CCNC(=NCC(CC(C)C)N1CCOCC1)NCCN(CCOC)C1CC1.I. The van der Waals surface area contributed by atoms with Gasteiger partial charge in [-0.05, 0) is 32.1 Å². The molecule has 1 saturated carbocycles. The maximum atomic E-state index is 5.53. The summed E-state index contributed by atoms with van der Waals surface area (Å²) in [6, 6.07) is 1.25. The van der Waals surface area contributed by atoms with Gasteiger partial charge in [0.05, 0.1) is 26.4 Å². The van der Waals surface area contributed by atoms with E-state index in [0.29, 0.717) is 12.0 Å². The van der Waals surface area contributed by atoms with E-state index in [-0.39, 0.29) is 24.0 Å². The predicted octanol–water partition coefficient (Wildman–Crippen LogP) is 2.02. The summed E-state index contributed by atoms with van der Waals surface area (Å²) in [6.45, 7) is 15.9. The van der Waals surface area contributed by atoms with E-state index in [2.05, 4.69) is 41.2 Å². The Kier molecular flexibility index (Phi) is 14.5. The predicted molar refractivity (Wildman–Crippen MR) is 132 cm³/mol. The second-order valence-electron chi connectivity index (χ2n) is 8.34. The third kappa shape index (κ3) is 11.1. The molecule has 0 aromatic rings.